The highest BCUT2D eigenvalue weighted by atomic mass is 16.5. The maximum atomic E-state index is 13.1. The van der Waals surface area contributed by atoms with Crippen LogP contribution in [-0.4, -0.2) is 50.1 Å². The Kier molecular flexibility index (Phi) is 8.39. The summed E-state index contributed by atoms with van der Waals surface area (Å²) in [7, 11) is 1.64. The van der Waals surface area contributed by atoms with Crippen LogP contribution in [-0.2, 0) is 16.0 Å². The third kappa shape index (κ3) is 6.85. The molecular formula is C29H32N2O4. The average molecular weight is 473 g/mol. The van der Waals surface area contributed by atoms with Crippen molar-refractivity contribution < 1.29 is 19.1 Å². The average Bonchev–Trinajstić information content (AvgIpc) is 2.93. The van der Waals surface area contributed by atoms with E-state index in [1.165, 1.54) is 0 Å². The van der Waals surface area contributed by atoms with E-state index in [2.05, 4.69) is 17.4 Å². The summed E-state index contributed by atoms with van der Waals surface area (Å²) in [6, 6.07) is 27.3. The maximum absolute atomic E-state index is 13.1. The minimum Gasteiger partial charge on any atom is -0.497 e. The molecule has 1 heterocycles. The molecule has 6 heteroatoms. The minimum atomic E-state index is -0.273. The highest BCUT2D eigenvalue weighted by Crippen LogP contribution is 2.30. The van der Waals surface area contributed by atoms with Gasteiger partial charge in [-0.25, -0.2) is 0 Å². The van der Waals surface area contributed by atoms with Gasteiger partial charge >= 0.3 is 0 Å². The van der Waals surface area contributed by atoms with Crippen molar-refractivity contribution >= 4 is 11.8 Å². The van der Waals surface area contributed by atoms with Crippen LogP contribution < -0.4 is 14.8 Å². The molecule has 0 bridgehead atoms. The topological polar surface area (TPSA) is 67.9 Å². The first-order valence-corrected chi connectivity index (χ1v) is 12.0. The first-order valence-electron chi connectivity index (χ1n) is 12.0. The van der Waals surface area contributed by atoms with Gasteiger partial charge in [0.2, 0.25) is 5.91 Å². The summed E-state index contributed by atoms with van der Waals surface area (Å²) in [5, 5.41) is 3.08. The van der Waals surface area contributed by atoms with Crippen LogP contribution in [0.25, 0.3) is 0 Å². The number of nitrogens with zero attached hydrogens (tertiary/aromatic N) is 1. The number of para-hydroxylation sites is 1. The van der Waals surface area contributed by atoms with Gasteiger partial charge < -0.3 is 19.7 Å². The number of hydrogen-bond acceptors (Lipinski definition) is 4. The number of carbonyl (C=O) groups is 2. The molecule has 2 unspecified atom stereocenters. The lowest BCUT2D eigenvalue weighted by Gasteiger charge is -2.37. The number of rotatable bonds is 9. The Labute approximate surface area is 206 Å². The van der Waals surface area contributed by atoms with E-state index >= 15 is 0 Å². The number of ether oxygens (including phenoxy) is 2. The van der Waals surface area contributed by atoms with Gasteiger partial charge in [0.25, 0.3) is 5.91 Å². The molecule has 2 amide bonds. The van der Waals surface area contributed by atoms with E-state index in [1.807, 2.05) is 72.8 Å². The van der Waals surface area contributed by atoms with Gasteiger partial charge in [-0.3, -0.25) is 9.59 Å². The van der Waals surface area contributed by atoms with E-state index in [-0.39, 0.29) is 30.3 Å². The molecule has 3 aromatic carbocycles. The summed E-state index contributed by atoms with van der Waals surface area (Å²) >= 11 is 0. The van der Waals surface area contributed by atoms with Crippen molar-refractivity contribution in [2.24, 2.45) is 5.92 Å². The zero-order valence-electron chi connectivity index (χ0n) is 20.1. The Bertz CT molecular complexity index is 1090. The van der Waals surface area contributed by atoms with Crippen molar-refractivity contribution in [3.63, 3.8) is 0 Å². The van der Waals surface area contributed by atoms with Crippen LogP contribution >= 0.6 is 0 Å². The van der Waals surface area contributed by atoms with Gasteiger partial charge in [0.1, 0.15) is 11.5 Å². The molecular weight excluding hydrogens is 440 g/mol. The van der Waals surface area contributed by atoms with E-state index < -0.39 is 0 Å². The summed E-state index contributed by atoms with van der Waals surface area (Å²) in [6.07, 6.45) is 1.44. The lowest BCUT2D eigenvalue weighted by Crippen LogP contribution is -2.49. The molecule has 4 rings (SSSR count). The predicted molar refractivity (Wildman–Crippen MR) is 136 cm³/mol. The Morgan fingerprint density at radius 1 is 0.886 bits per heavy atom. The zero-order valence-corrected chi connectivity index (χ0v) is 20.1. The van der Waals surface area contributed by atoms with Crippen molar-refractivity contribution in [3.05, 3.63) is 96.1 Å². The number of methoxy groups -OCH3 is 1. The highest BCUT2D eigenvalue weighted by Gasteiger charge is 2.34. The second kappa shape index (κ2) is 12.1. The summed E-state index contributed by atoms with van der Waals surface area (Å²) in [4.78, 5) is 27.9. The van der Waals surface area contributed by atoms with Crippen LogP contribution in [0.3, 0.4) is 0 Å². The molecule has 0 aliphatic carbocycles. The molecule has 1 saturated heterocycles. The molecule has 6 nitrogen and oxygen atoms in total. The van der Waals surface area contributed by atoms with Crippen molar-refractivity contribution in [3.8, 4) is 11.5 Å². The first kappa shape index (κ1) is 24.3. The van der Waals surface area contributed by atoms with Crippen molar-refractivity contribution in [1.82, 2.24) is 10.2 Å². The molecule has 0 saturated carbocycles. The van der Waals surface area contributed by atoms with Gasteiger partial charge in [-0.15, -0.1) is 0 Å². The summed E-state index contributed by atoms with van der Waals surface area (Å²) < 4.78 is 10.9. The first-order chi connectivity index (χ1) is 17.1. The third-order valence-corrected chi connectivity index (χ3v) is 6.42. The van der Waals surface area contributed by atoms with E-state index in [1.54, 1.807) is 12.0 Å². The second-order valence-corrected chi connectivity index (χ2v) is 8.83. The molecule has 0 radical (unpaired) electrons. The van der Waals surface area contributed by atoms with E-state index in [4.69, 9.17) is 9.47 Å². The smallest absolute Gasteiger partial charge is 0.260 e. The fourth-order valence-electron chi connectivity index (χ4n) is 4.48. The Hall–Kier alpha value is -3.80. The predicted octanol–water partition coefficient (Wildman–Crippen LogP) is 4.07. The van der Waals surface area contributed by atoms with Gasteiger partial charge in [0.05, 0.1) is 13.0 Å². The van der Waals surface area contributed by atoms with Crippen LogP contribution in [0.1, 0.15) is 23.5 Å². The molecule has 0 aromatic heterocycles. The number of hydrogen-bond donors (Lipinski definition) is 1. The molecule has 1 aliphatic heterocycles. The number of benzene rings is 3. The van der Waals surface area contributed by atoms with Gasteiger partial charge in [-0.05, 0) is 48.2 Å². The zero-order chi connectivity index (χ0) is 24.5. The number of likely N-dealkylation sites (tertiary alicyclic amines) is 1. The number of nitrogens with one attached hydrogen (secondary N) is 1. The second-order valence-electron chi connectivity index (χ2n) is 8.83. The van der Waals surface area contributed by atoms with E-state index in [0.29, 0.717) is 31.8 Å². The summed E-state index contributed by atoms with van der Waals surface area (Å²) in [5.74, 6) is 1.18. The summed E-state index contributed by atoms with van der Waals surface area (Å²) in [6.45, 7) is 1.48. The standard InChI is InChI=1S/C29H32N2O4/c1-34-26-14-12-22(13-15-26)16-17-30-29(33)25-18-24(23-8-4-2-5-9-23)19-31(20-25)28(32)21-35-27-10-6-3-7-11-27/h2-15,24-25H,16-21H2,1H3,(H,30,33). The fraction of sp³-hybridized carbons (Fsp3) is 0.310. The summed E-state index contributed by atoms with van der Waals surface area (Å²) in [5.41, 5.74) is 2.27. The number of piperidine rings is 1. The normalized spacial score (nSPS) is 17.5. The number of carbonyl (C=O) groups excluding carboxylic acids is 2. The van der Waals surface area contributed by atoms with Crippen LogP contribution in [0, 0.1) is 5.92 Å². The molecule has 3 aromatic rings. The van der Waals surface area contributed by atoms with Crippen LogP contribution in [0.15, 0.2) is 84.9 Å². The molecule has 35 heavy (non-hydrogen) atoms. The Morgan fingerprint density at radius 3 is 2.26 bits per heavy atom. The van der Waals surface area contributed by atoms with Crippen LogP contribution in [0.4, 0.5) is 0 Å². The quantitative estimate of drug-likeness (QED) is 0.510. The van der Waals surface area contributed by atoms with E-state index in [0.717, 1.165) is 23.3 Å². The van der Waals surface area contributed by atoms with Gasteiger partial charge in [-0.1, -0.05) is 60.7 Å². The molecule has 2 atom stereocenters. The number of amides is 2. The molecule has 0 spiro atoms. The fourth-order valence-corrected chi connectivity index (χ4v) is 4.48. The van der Waals surface area contributed by atoms with Crippen LogP contribution in [0.2, 0.25) is 0 Å². The third-order valence-electron chi connectivity index (χ3n) is 6.42. The van der Waals surface area contributed by atoms with Gasteiger partial charge in [0.15, 0.2) is 6.61 Å². The molecule has 182 valence electrons. The largest absolute Gasteiger partial charge is 0.497 e. The molecule has 1 N–H and O–H groups in total. The van der Waals surface area contributed by atoms with Gasteiger partial charge in [-0.2, -0.15) is 0 Å². The van der Waals surface area contributed by atoms with Crippen molar-refractivity contribution in [2.75, 3.05) is 33.4 Å². The van der Waals surface area contributed by atoms with Gasteiger partial charge in [0, 0.05) is 25.6 Å². The highest BCUT2D eigenvalue weighted by molar-refractivity contribution is 5.82. The lowest BCUT2D eigenvalue weighted by molar-refractivity contribution is -0.138. The minimum absolute atomic E-state index is 0.0130. The van der Waals surface area contributed by atoms with Crippen molar-refractivity contribution in [1.29, 1.82) is 0 Å². The molecule has 1 aliphatic rings. The Balaban J connectivity index is 1.37. The van der Waals surface area contributed by atoms with Crippen LogP contribution in [0.5, 0.6) is 11.5 Å². The SMILES string of the molecule is COc1ccc(CCNC(=O)C2CC(c3ccccc3)CN(C(=O)COc3ccccc3)C2)cc1. The lowest BCUT2D eigenvalue weighted by atomic mass is 9.84. The Morgan fingerprint density at radius 2 is 1.57 bits per heavy atom. The maximum Gasteiger partial charge on any atom is 0.260 e. The van der Waals surface area contributed by atoms with E-state index in [9.17, 15) is 9.59 Å². The van der Waals surface area contributed by atoms with Crippen molar-refractivity contribution in [2.45, 2.75) is 18.8 Å². The monoisotopic (exact) mass is 472 g/mol. The molecule has 1 fully saturated rings.